The molecule has 9 heteroatoms. The number of alkyl halides is 2. The van der Waals surface area contributed by atoms with Crippen molar-refractivity contribution in [2.24, 2.45) is 29.6 Å². The molecule has 6 unspecified atom stereocenters. The van der Waals surface area contributed by atoms with Gasteiger partial charge in [0.1, 0.15) is 6.54 Å². The van der Waals surface area contributed by atoms with Crippen LogP contribution in [0.2, 0.25) is 0 Å². The molecule has 1 aromatic carbocycles. The second-order valence-corrected chi connectivity index (χ2v) is 11.0. The summed E-state index contributed by atoms with van der Waals surface area (Å²) in [5.41, 5.74) is 0.867. The third-order valence-electron chi connectivity index (χ3n) is 6.33. The number of fused-ring (bicyclic) bond motifs is 5. The maximum Gasteiger partial charge on any atom is 0.338 e. The SMILES string of the molecule is CC(C)COC(=O)c1ccc(NC(=O)CN2C(=O)C3C4CC(C(Br)C4Br)C3C2=O)cc1. The zero-order chi connectivity index (χ0) is 22.4. The van der Waals surface area contributed by atoms with E-state index in [0.29, 0.717) is 17.9 Å². The molecular weight excluding hydrogens is 532 g/mol. The van der Waals surface area contributed by atoms with Gasteiger partial charge in [0.05, 0.1) is 24.0 Å². The summed E-state index contributed by atoms with van der Waals surface area (Å²) in [5, 5.41) is 2.69. The minimum Gasteiger partial charge on any atom is -0.462 e. The molecule has 2 saturated carbocycles. The number of nitrogens with zero attached hydrogens (tertiary/aromatic N) is 1. The molecule has 2 bridgehead atoms. The van der Waals surface area contributed by atoms with Crippen molar-refractivity contribution in [3.63, 3.8) is 0 Å². The molecule has 0 radical (unpaired) electrons. The van der Waals surface area contributed by atoms with Gasteiger partial charge in [0.25, 0.3) is 0 Å². The molecule has 0 aromatic heterocycles. The minimum atomic E-state index is -0.449. The maximum absolute atomic E-state index is 12.9. The van der Waals surface area contributed by atoms with Gasteiger partial charge in [0.2, 0.25) is 17.7 Å². The number of carbonyl (C=O) groups is 4. The van der Waals surface area contributed by atoms with E-state index in [-0.39, 0.29) is 57.6 Å². The number of carbonyl (C=O) groups excluding carboxylic acids is 4. The van der Waals surface area contributed by atoms with Crippen molar-refractivity contribution >= 4 is 61.2 Å². The third kappa shape index (κ3) is 4.06. The van der Waals surface area contributed by atoms with E-state index in [2.05, 4.69) is 37.2 Å². The smallest absolute Gasteiger partial charge is 0.338 e. The molecule has 1 aliphatic heterocycles. The van der Waals surface area contributed by atoms with Crippen molar-refractivity contribution < 1.29 is 23.9 Å². The lowest BCUT2D eigenvalue weighted by Crippen LogP contribution is -2.39. The van der Waals surface area contributed by atoms with Gasteiger partial charge in [-0.3, -0.25) is 19.3 Å². The highest BCUT2D eigenvalue weighted by Gasteiger charge is 2.66. The highest BCUT2D eigenvalue weighted by Crippen LogP contribution is 2.60. The fourth-order valence-corrected chi connectivity index (χ4v) is 6.80. The van der Waals surface area contributed by atoms with Gasteiger partial charge in [0, 0.05) is 15.3 Å². The monoisotopic (exact) mass is 554 g/mol. The molecule has 3 fully saturated rings. The Balaban J connectivity index is 1.36. The van der Waals surface area contributed by atoms with Gasteiger partial charge in [-0.25, -0.2) is 4.79 Å². The second kappa shape index (κ2) is 8.65. The molecular formula is C22H24Br2N2O5. The number of hydrogen-bond donors (Lipinski definition) is 1. The standard InChI is InChI=1S/C22H24Br2N2O5/c1-10(2)9-31-22(30)11-3-5-12(6-4-11)25-15(27)8-26-20(28)16-13-7-14(17(16)21(26)29)19(24)18(13)23/h3-6,10,13-14,16-19H,7-9H2,1-2H3,(H,25,27). The summed E-state index contributed by atoms with van der Waals surface area (Å²) in [4.78, 5) is 51.7. The Morgan fingerprint density at radius 1 is 1.06 bits per heavy atom. The number of rotatable bonds is 6. The van der Waals surface area contributed by atoms with Crippen LogP contribution >= 0.6 is 31.9 Å². The van der Waals surface area contributed by atoms with E-state index in [9.17, 15) is 19.2 Å². The van der Waals surface area contributed by atoms with Crippen LogP contribution in [0, 0.1) is 29.6 Å². The molecule has 166 valence electrons. The van der Waals surface area contributed by atoms with Crippen LogP contribution in [0.15, 0.2) is 24.3 Å². The van der Waals surface area contributed by atoms with Crippen molar-refractivity contribution in [3.05, 3.63) is 29.8 Å². The largest absolute Gasteiger partial charge is 0.462 e. The topological polar surface area (TPSA) is 92.8 Å². The summed E-state index contributed by atoms with van der Waals surface area (Å²) >= 11 is 7.30. The van der Waals surface area contributed by atoms with E-state index in [0.717, 1.165) is 11.3 Å². The average Bonchev–Trinajstić information content (AvgIpc) is 3.33. The Morgan fingerprint density at radius 2 is 1.61 bits per heavy atom. The highest BCUT2D eigenvalue weighted by atomic mass is 79.9. The number of halogens is 2. The number of imide groups is 1. The van der Waals surface area contributed by atoms with Crippen LogP contribution in [0.25, 0.3) is 0 Å². The molecule has 1 N–H and O–H groups in total. The molecule has 1 saturated heterocycles. The second-order valence-electron chi connectivity index (χ2n) is 8.88. The van der Waals surface area contributed by atoms with E-state index < -0.39 is 11.9 Å². The Labute approximate surface area is 197 Å². The normalized spacial score (nSPS) is 31.3. The molecule has 31 heavy (non-hydrogen) atoms. The van der Waals surface area contributed by atoms with Crippen LogP contribution in [0.3, 0.4) is 0 Å². The number of amides is 3. The Kier molecular flexibility index (Phi) is 6.27. The van der Waals surface area contributed by atoms with Gasteiger partial charge in [-0.1, -0.05) is 45.7 Å². The Hall–Kier alpha value is -1.74. The number of esters is 1. The first-order valence-electron chi connectivity index (χ1n) is 10.4. The van der Waals surface area contributed by atoms with Gasteiger partial charge in [0.15, 0.2) is 0 Å². The van der Waals surface area contributed by atoms with E-state index >= 15 is 0 Å². The van der Waals surface area contributed by atoms with Gasteiger partial charge in [-0.15, -0.1) is 0 Å². The van der Waals surface area contributed by atoms with Crippen molar-refractivity contribution in [3.8, 4) is 0 Å². The molecule has 1 aromatic rings. The fourth-order valence-electron chi connectivity index (χ4n) is 4.93. The number of benzene rings is 1. The van der Waals surface area contributed by atoms with Crippen LogP contribution in [0.1, 0.15) is 30.6 Å². The van der Waals surface area contributed by atoms with Crippen molar-refractivity contribution in [2.75, 3.05) is 18.5 Å². The summed E-state index contributed by atoms with van der Waals surface area (Å²) in [7, 11) is 0. The fraction of sp³-hybridized carbons (Fsp3) is 0.545. The molecule has 7 nitrogen and oxygen atoms in total. The van der Waals surface area contributed by atoms with Crippen molar-refractivity contribution in [1.82, 2.24) is 4.90 Å². The first-order valence-corrected chi connectivity index (χ1v) is 12.2. The summed E-state index contributed by atoms with van der Waals surface area (Å²) in [6.07, 6.45) is 0.852. The molecule has 3 amide bonds. The van der Waals surface area contributed by atoms with Crippen molar-refractivity contribution in [1.29, 1.82) is 0 Å². The number of hydrogen-bond acceptors (Lipinski definition) is 5. The number of nitrogens with one attached hydrogen (secondary N) is 1. The van der Waals surface area contributed by atoms with E-state index in [4.69, 9.17) is 4.74 Å². The highest BCUT2D eigenvalue weighted by molar-refractivity contribution is 9.12. The van der Waals surface area contributed by atoms with Crippen molar-refractivity contribution in [2.45, 2.75) is 29.9 Å². The zero-order valence-corrected chi connectivity index (χ0v) is 20.4. The van der Waals surface area contributed by atoms with Crippen LogP contribution in [-0.2, 0) is 19.1 Å². The van der Waals surface area contributed by atoms with Crippen LogP contribution in [0.4, 0.5) is 5.69 Å². The van der Waals surface area contributed by atoms with Gasteiger partial charge in [-0.2, -0.15) is 0 Å². The lowest BCUT2D eigenvalue weighted by Gasteiger charge is -2.28. The first-order chi connectivity index (χ1) is 14.7. The number of ether oxygens (including phenoxy) is 1. The summed E-state index contributed by atoms with van der Waals surface area (Å²) in [5.74, 6) is -1.55. The lowest BCUT2D eigenvalue weighted by molar-refractivity contribution is -0.143. The van der Waals surface area contributed by atoms with Gasteiger partial charge in [-0.05, 0) is 48.4 Å². The molecule has 3 aliphatic rings. The summed E-state index contributed by atoms with van der Waals surface area (Å²) in [6.45, 7) is 3.94. The summed E-state index contributed by atoms with van der Waals surface area (Å²) in [6, 6.07) is 6.33. The molecule has 1 heterocycles. The van der Waals surface area contributed by atoms with E-state index in [1.165, 1.54) is 0 Å². The maximum atomic E-state index is 12.9. The van der Waals surface area contributed by atoms with Crippen LogP contribution in [0.5, 0.6) is 0 Å². The molecule has 6 atom stereocenters. The zero-order valence-electron chi connectivity index (χ0n) is 17.2. The summed E-state index contributed by atoms with van der Waals surface area (Å²) < 4.78 is 5.18. The predicted octanol–water partition coefficient (Wildman–Crippen LogP) is 3.22. The quantitative estimate of drug-likeness (QED) is 0.330. The number of likely N-dealkylation sites (tertiary alicyclic amines) is 1. The average molecular weight is 556 g/mol. The lowest BCUT2D eigenvalue weighted by atomic mass is 9.81. The van der Waals surface area contributed by atoms with Crippen LogP contribution < -0.4 is 5.32 Å². The molecule has 2 aliphatic carbocycles. The minimum absolute atomic E-state index is 0.117. The Bertz CT molecular complexity index is 887. The Morgan fingerprint density at radius 3 is 2.13 bits per heavy atom. The molecule has 0 spiro atoms. The van der Waals surface area contributed by atoms with Crippen LogP contribution in [-0.4, -0.2) is 51.4 Å². The predicted molar refractivity (Wildman–Crippen MR) is 121 cm³/mol. The first kappa shape index (κ1) is 22.5. The van der Waals surface area contributed by atoms with E-state index in [1.807, 2.05) is 13.8 Å². The van der Waals surface area contributed by atoms with E-state index in [1.54, 1.807) is 24.3 Å². The van der Waals surface area contributed by atoms with Gasteiger partial charge < -0.3 is 10.1 Å². The van der Waals surface area contributed by atoms with Gasteiger partial charge >= 0.3 is 5.97 Å². The number of anilines is 1. The molecule has 4 rings (SSSR count). The third-order valence-corrected chi connectivity index (χ3v) is 9.54.